The van der Waals surface area contributed by atoms with Gasteiger partial charge >= 0.3 is 0 Å². The summed E-state index contributed by atoms with van der Waals surface area (Å²) in [7, 11) is -3.34. The number of nitrogens with one attached hydrogen (secondary N) is 1. The van der Waals surface area contributed by atoms with Gasteiger partial charge in [0.05, 0.1) is 6.20 Å². The first-order chi connectivity index (χ1) is 7.64. The van der Waals surface area contributed by atoms with Crippen molar-refractivity contribution in [3.63, 3.8) is 0 Å². The summed E-state index contributed by atoms with van der Waals surface area (Å²) in [6.07, 6.45) is 3.00. The van der Waals surface area contributed by atoms with E-state index in [4.69, 9.17) is 0 Å². The summed E-state index contributed by atoms with van der Waals surface area (Å²) < 4.78 is 27.4. The van der Waals surface area contributed by atoms with Gasteiger partial charge in [-0.3, -0.25) is 4.68 Å². The van der Waals surface area contributed by atoms with Crippen LogP contribution in [0.1, 0.15) is 6.92 Å². The molecule has 2 heterocycles. The van der Waals surface area contributed by atoms with Gasteiger partial charge in [-0.25, -0.2) is 8.42 Å². The lowest BCUT2D eigenvalue weighted by molar-refractivity contribution is 0.360. The van der Waals surface area contributed by atoms with E-state index in [2.05, 4.69) is 10.4 Å². The second-order valence-electron chi connectivity index (χ2n) is 3.69. The van der Waals surface area contributed by atoms with E-state index >= 15 is 0 Å². The molecule has 1 aromatic heterocycles. The summed E-state index contributed by atoms with van der Waals surface area (Å²) in [5, 5.41) is 7.12. The van der Waals surface area contributed by atoms with Gasteiger partial charge < -0.3 is 5.32 Å². The topological polar surface area (TPSA) is 67.2 Å². The maximum absolute atomic E-state index is 12.2. The summed E-state index contributed by atoms with van der Waals surface area (Å²) in [6, 6.07) is 0. The van der Waals surface area contributed by atoms with Crippen molar-refractivity contribution in [2.75, 3.05) is 26.2 Å². The van der Waals surface area contributed by atoms with Crippen LogP contribution >= 0.6 is 12.4 Å². The predicted molar refractivity (Wildman–Crippen MR) is 66.8 cm³/mol. The molecule has 0 amide bonds. The molecule has 98 valence electrons. The second kappa shape index (κ2) is 5.81. The van der Waals surface area contributed by atoms with Crippen molar-refractivity contribution in [1.29, 1.82) is 0 Å². The predicted octanol–water partition coefficient (Wildman–Crippen LogP) is -0.0813. The Hall–Kier alpha value is -0.630. The third-order valence-electron chi connectivity index (χ3n) is 2.65. The third-order valence-corrected chi connectivity index (χ3v) is 4.50. The number of hydrogen-bond acceptors (Lipinski definition) is 4. The highest BCUT2D eigenvalue weighted by Gasteiger charge is 2.26. The molecule has 1 N–H and O–H groups in total. The van der Waals surface area contributed by atoms with Gasteiger partial charge in [-0.15, -0.1) is 12.4 Å². The van der Waals surface area contributed by atoms with Gasteiger partial charge in [0.1, 0.15) is 4.90 Å². The molecule has 17 heavy (non-hydrogen) atoms. The Labute approximate surface area is 107 Å². The van der Waals surface area contributed by atoms with Gasteiger partial charge in [-0.1, -0.05) is 0 Å². The van der Waals surface area contributed by atoms with E-state index in [1.54, 1.807) is 10.9 Å². The average Bonchev–Trinajstić information content (AvgIpc) is 2.79. The van der Waals surface area contributed by atoms with Gasteiger partial charge in [0.2, 0.25) is 10.0 Å². The van der Waals surface area contributed by atoms with Gasteiger partial charge in [0.15, 0.2) is 0 Å². The van der Waals surface area contributed by atoms with Crippen LogP contribution in [-0.2, 0) is 16.6 Å². The molecule has 0 aromatic carbocycles. The standard InChI is InChI=1S/C9H16N4O2S.ClH/c1-2-12-8-9(7-11-12)16(14,15)13-5-3-10-4-6-13;/h7-8,10H,2-6H2,1H3;1H. The normalized spacial score (nSPS) is 17.7. The molecule has 1 aliphatic heterocycles. The number of nitrogens with zero attached hydrogens (tertiary/aromatic N) is 3. The van der Waals surface area contributed by atoms with E-state index < -0.39 is 10.0 Å². The van der Waals surface area contributed by atoms with E-state index in [1.165, 1.54) is 10.5 Å². The SMILES string of the molecule is CCn1cc(S(=O)(=O)N2CCNCC2)cn1.Cl. The van der Waals surface area contributed by atoms with Crippen molar-refractivity contribution < 1.29 is 8.42 Å². The maximum atomic E-state index is 12.2. The van der Waals surface area contributed by atoms with Crippen molar-refractivity contribution >= 4 is 22.4 Å². The van der Waals surface area contributed by atoms with Gasteiger partial charge in [0.25, 0.3) is 0 Å². The van der Waals surface area contributed by atoms with E-state index in [0.717, 1.165) is 0 Å². The van der Waals surface area contributed by atoms with Crippen LogP contribution in [-0.4, -0.2) is 48.7 Å². The molecular weight excluding hydrogens is 264 g/mol. The molecule has 1 aliphatic rings. The number of rotatable bonds is 3. The number of aryl methyl sites for hydroxylation is 1. The molecule has 0 unspecified atom stereocenters. The highest BCUT2D eigenvalue weighted by Crippen LogP contribution is 2.14. The Bertz CT molecular complexity index is 453. The molecule has 8 heteroatoms. The summed E-state index contributed by atoms with van der Waals surface area (Å²) in [6.45, 7) is 5.08. The fourth-order valence-corrected chi connectivity index (χ4v) is 3.08. The molecule has 2 rings (SSSR count). The zero-order chi connectivity index (χ0) is 11.6. The van der Waals surface area contributed by atoms with Crippen molar-refractivity contribution in [3.05, 3.63) is 12.4 Å². The largest absolute Gasteiger partial charge is 0.314 e. The number of piperazine rings is 1. The second-order valence-corrected chi connectivity index (χ2v) is 5.62. The van der Waals surface area contributed by atoms with Crippen molar-refractivity contribution in [2.24, 2.45) is 0 Å². The summed E-state index contributed by atoms with van der Waals surface area (Å²) in [5.74, 6) is 0. The van der Waals surface area contributed by atoms with Crippen molar-refractivity contribution in [2.45, 2.75) is 18.4 Å². The molecular formula is C9H17ClN4O2S. The van der Waals surface area contributed by atoms with Crippen molar-refractivity contribution in [1.82, 2.24) is 19.4 Å². The van der Waals surface area contributed by atoms with Crippen LogP contribution in [0, 0.1) is 0 Å². The molecule has 0 radical (unpaired) electrons. The van der Waals surface area contributed by atoms with Crippen LogP contribution in [0.25, 0.3) is 0 Å². The van der Waals surface area contributed by atoms with Crippen molar-refractivity contribution in [3.8, 4) is 0 Å². The minimum Gasteiger partial charge on any atom is -0.314 e. The van der Waals surface area contributed by atoms with E-state index in [1.807, 2.05) is 6.92 Å². The first-order valence-electron chi connectivity index (χ1n) is 5.38. The van der Waals surface area contributed by atoms with E-state index in [-0.39, 0.29) is 17.3 Å². The first kappa shape index (κ1) is 14.4. The monoisotopic (exact) mass is 280 g/mol. The molecule has 0 aliphatic carbocycles. The molecule has 1 saturated heterocycles. The Kier molecular flexibility index (Phi) is 4.93. The average molecular weight is 281 g/mol. The number of hydrogen-bond donors (Lipinski definition) is 1. The lowest BCUT2D eigenvalue weighted by atomic mass is 10.4. The lowest BCUT2D eigenvalue weighted by Gasteiger charge is -2.25. The smallest absolute Gasteiger partial charge is 0.246 e. The Morgan fingerprint density at radius 2 is 2.06 bits per heavy atom. The van der Waals surface area contributed by atoms with Crippen LogP contribution in [0.3, 0.4) is 0 Å². The number of halogens is 1. The van der Waals surface area contributed by atoms with Gasteiger partial charge in [0, 0.05) is 38.9 Å². The number of aromatic nitrogens is 2. The van der Waals surface area contributed by atoms with Gasteiger partial charge in [-0.2, -0.15) is 9.40 Å². The fraction of sp³-hybridized carbons (Fsp3) is 0.667. The molecule has 1 aromatic rings. The maximum Gasteiger partial charge on any atom is 0.246 e. The molecule has 1 fully saturated rings. The Balaban J connectivity index is 0.00000144. The lowest BCUT2D eigenvalue weighted by Crippen LogP contribution is -2.46. The quantitative estimate of drug-likeness (QED) is 0.841. The zero-order valence-electron chi connectivity index (χ0n) is 9.66. The minimum atomic E-state index is -3.34. The summed E-state index contributed by atoms with van der Waals surface area (Å²) >= 11 is 0. The van der Waals surface area contributed by atoms with Crippen LogP contribution in [0.2, 0.25) is 0 Å². The van der Waals surface area contributed by atoms with Crippen LogP contribution in [0.15, 0.2) is 17.3 Å². The summed E-state index contributed by atoms with van der Waals surface area (Å²) in [5.41, 5.74) is 0. The molecule has 0 bridgehead atoms. The summed E-state index contributed by atoms with van der Waals surface area (Å²) in [4.78, 5) is 0.288. The zero-order valence-corrected chi connectivity index (χ0v) is 11.3. The number of sulfonamides is 1. The van der Waals surface area contributed by atoms with Crippen LogP contribution in [0.4, 0.5) is 0 Å². The van der Waals surface area contributed by atoms with Crippen LogP contribution < -0.4 is 5.32 Å². The first-order valence-corrected chi connectivity index (χ1v) is 6.82. The third kappa shape index (κ3) is 2.98. The Morgan fingerprint density at radius 1 is 1.41 bits per heavy atom. The van der Waals surface area contributed by atoms with E-state index in [9.17, 15) is 8.42 Å². The molecule has 0 saturated carbocycles. The Morgan fingerprint density at radius 3 is 2.59 bits per heavy atom. The minimum absolute atomic E-state index is 0. The highest BCUT2D eigenvalue weighted by atomic mass is 35.5. The van der Waals surface area contributed by atoms with E-state index in [0.29, 0.717) is 32.7 Å². The molecule has 6 nitrogen and oxygen atoms in total. The fourth-order valence-electron chi connectivity index (χ4n) is 1.68. The molecule has 0 spiro atoms. The highest BCUT2D eigenvalue weighted by molar-refractivity contribution is 7.89. The molecule has 0 atom stereocenters. The van der Waals surface area contributed by atoms with Gasteiger partial charge in [-0.05, 0) is 6.92 Å². The van der Waals surface area contributed by atoms with Crippen LogP contribution in [0.5, 0.6) is 0 Å².